The lowest BCUT2D eigenvalue weighted by molar-refractivity contribution is 0.0644. The molecule has 1 amide bonds. The number of para-hydroxylation sites is 1. The van der Waals surface area contributed by atoms with E-state index >= 15 is 0 Å². The van der Waals surface area contributed by atoms with E-state index in [1.165, 1.54) is 5.69 Å². The number of amides is 1. The maximum atomic E-state index is 12.7. The lowest BCUT2D eigenvalue weighted by Crippen LogP contribution is -2.41. The molecule has 0 saturated heterocycles. The van der Waals surface area contributed by atoms with Crippen molar-refractivity contribution >= 4 is 11.6 Å². The number of hydrogen-bond donors (Lipinski definition) is 0. The van der Waals surface area contributed by atoms with Crippen molar-refractivity contribution in [1.29, 1.82) is 0 Å². The Morgan fingerprint density at radius 3 is 2.86 bits per heavy atom. The van der Waals surface area contributed by atoms with Crippen molar-refractivity contribution in [1.82, 2.24) is 10.1 Å². The summed E-state index contributed by atoms with van der Waals surface area (Å²) >= 11 is 0. The van der Waals surface area contributed by atoms with Gasteiger partial charge in [-0.2, -0.15) is 0 Å². The number of nitrogens with zero attached hydrogens (tertiary/aromatic N) is 3. The monoisotopic (exact) mass is 285 g/mol. The van der Waals surface area contributed by atoms with Crippen molar-refractivity contribution in [3.63, 3.8) is 0 Å². The van der Waals surface area contributed by atoms with Gasteiger partial charge in [0.25, 0.3) is 5.91 Å². The number of likely N-dealkylation sites (N-methyl/N-ethyl adjacent to an activating group) is 1. The minimum atomic E-state index is -0.104. The second kappa shape index (κ2) is 5.24. The molecule has 2 heterocycles. The predicted molar refractivity (Wildman–Crippen MR) is 80.3 cm³/mol. The van der Waals surface area contributed by atoms with E-state index in [1.54, 1.807) is 6.07 Å². The molecule has 0 saturated carbocycles. The molecule has 5 nitrogen and oxygen atoms in total. The van der Waals surface area contributed by atoms with E-state index in [9.17, 15) is 4.79 Å². The van der Waals surface area contributed by atoms with Crippen molar-refractivity contribution in [3.05, 3.63) is 47.3 Å². The highest BCUT2D eigenvalue weighted by atomic mass is 16.5. The van der Waals surface area contributed by atoms with Gasteiger partial charge >= 0.3 is 0 Å². The van der Waals surface area contributed by atoms with Crippen LogP contribution in [0, 0.1) is 6.92 Å². The minimum Gasteiger partial charge on any atom is -0.372 e. The summed E-state index contributed by atoms with van der Waals surface area (Å²) in [6.45, 7) is 5.24. The van der Waals surface area contributed by atoms with Gasteiger partial charge in [0.2, 0.25) is 5.76 Å². The molecule has 21 heavy (non-hydrogen) atoms. The summed E-state index contributed by atoms with van der Waals surface area (Å²) in [5.41, 5.74) is 3.04. The summed E-state index contributed by atoms with van der Waals surface area (Å²) in [6, 6.07) is 9.97. The molecule has 0 bridgehead atoms. The third-order valence-corrected chi connectivity index (χ3v) is 3.91. The third kappa shape index (κ3) is 2.51. The maximum absolute atomic E-state index is 12.7. The van der Waals surface area contributed by atoms with Crippen molar-refractivity contribution < 1.29 is 9.32 Å². The Morgan fingerprint density at radius 2 is 2.14 bits per heavy atom. The first-order valence-corrected chi connectivity index (χ1v) is 7.09. The van der Waals surface area contributed by atoms with E-state index in [2.05, 4.69) is 36.2 Å². The van der Waals surface area contributed by atoms with Crippen LogP contribution in [0.25, 0.3) is 0 Å². The van der Waals surface area contributed by atoms with E-state index in [1.807, 2.05) is 24.0 Å². The van der Waals surface area contributed by atoms with E-state index in [-0.39, 0.29) is 11.9 Å². The normalized spacial score (nSPS) is 18.3. The van der Waals surface area contributed by atoms with Gasteiger partial charge in [-0.25, -0.2) is 0 Å². The molecule has 1 aliphatic heterocycles. The lowest BCUT2D eigenvalue weighted by Gasteiger charge is -2.27. The number of carbonyl (C=O) groups excluding carboxylic acids is 1. The standard InChI is InChI=1S/C16H19N3O2/c1-11-8-15(21-17-11)16(20)19-10-13-6-4-5-7-14(13)18(3)9-12(19)2/h4-8,12H,9-10H2,1-3H3. The van der Waals surface area contributed by atoms with Crippen LogP contribution in [0.2, 0.25) is 0 Å². The van der Waals surface area contributed by atoms with E-state index < -0.39 is 0 Å². The van der Waals surface area contributed by atoms with Crippen LogP contribution in [0.4, 0.5) is 5.69 Å². The molecular weight excluding hydrogens is 266 g/mol. The average molecular weight is 285 g/mol. The maximum Gasteiger partial charge on any atom is 0.293 e. The number of aromatic nitrogens is 1. The molecule has 2 aromatic rings. The summed E-state index contributed by atoms with van der Waals surface area (Å²) in [7, 11) is 2.06. The van der Waals surface area contributed by atoms with Gasteiger partial charge in [-0.3, -0.25) is 4.79 Å². The van der Waals surface area contributed by atoms with Crippen LogP contribution in [0.5, 0.6) is 0 Å². The second-order valence-corrected chi connectivity index (χ2v) is 5.62. The van der Waals surface area contributed by atoms with Gasteiger partial charge in [-0.05, 0) is 25.5 Å². The molecule has 110 valence electrons. The second-order valence-electron chi connectivity index (χ2n) is 5.62. The molecule has 0 spiro atoms. The largest absolute Gasteiger partial charge is 0.372 e. The van der Waals surface area contributed by atoms with Crippen molar-refractivity contribution in [2.75, 3.05) is 18.5 Å². The number of fused-ring (bicyclic) bond motifs is 1. The quantitative estimate of drug-likeness (QED) is 0.807. The summed E-state index contributed by atoms with van der Waals surface area (Å²) < 4.78 is 5.13. The fourth-order valence-electron chi connectivity index (χ4n) is 2.83. The van der Waals surface area contributed by atoms with Gasteiger partial charge in [0, 0.05) is 37.9 Å². The first-order chi connectivity index (χ1) is 10.1. The molecular formula is C16H19N3O2. The summed E-state index contributed by atoms with van der Waals surface area (Å²) in [4.78, 5) is 16.7. The SMILES string of the molecule is Cc1cc(C(=O)N2Cc3ccccc3N(C)CC2C)on1. The predicted octanol–water partition coefficient (Wildman–Crippen LogP) is 2.46. The Labute approximate surface area is 124 Å². The number of carbonyl (C=O) groups is 1. The van der Waals surface area contributed by atoms with E-state index in [0.717, 1.165) is 17.8 Å². The highest BCUT2D eigenvalue weighted by Crippen LogP contribution is 2.27. The van der Waals surface area contributed by atoms with E-state index in [0.29, 0.717) is 12.3 Å². The Morgan fingerprint density at radius 1 is 1.38 bits per heavy atom. The zero-order chi connectivity index (χ0) is 15.0. The average Bonchev–Trinajstić information content (AvgIpc) is 2.85. The van der Waals surface area contributed by atoms with Gasteiger partial charge < -0.3 is 14.3 Å². The molecule has 0 aliphatic carbocycles. The molecule has 1 aromatic carbocycles. The highest BCUT2D eigenvalue weighted by Gasteiger charge is 2.29. The number of anilines is 1. The van der Waals surface area contributed by atoms with Gasteiger partial charge in [-0.15, -0.1) is 0 Å². The molecule has 0 fully saturated rings. The Kier molecular flexibility index (Phi) is 3.41. The zero-order valence-corrected chi connectivity index (χ0v) is 12.5. The summed E-state index contributed by atoms with van der Waals surface area (Å²) in [5.74, 6) is 0.203. The highest BCUT2D eigenvalue weighted by molar-refractivity contribution is 5.92. The van der Waals surface area contributed by atoms with Crippen molar-refractivity contribution in [2.24, 2.45) is 0 Å². The van der Waals surface area contributed by atoms with Crippen LogP contribution in [-0.4, -0.2) is 35.6 Å². The van der Waals surface area contributed by atoms with E-state index in [4.69, 9.17) is 4.52 Å². The Hall–Kier alpha value is -2.30. The number of rotatable bonds is 1. The molecule has 1 unspecified atom stereocenters. The fourth-order valence-corrected chi connectivity index (χ4v) is 2.83. The lowest BCUT2D eigenvalue weighted by atomic mass is 10.1. The molecule has 5 heteroatoms. The van der Waals surface area contributed by atoms with Gasteiger partial charge in [0.15, 0.2) is 0 Å². The van der Waals surface area contributed by atoms with Crippen LogP contribution in [0.3, 0.4) is 0 Å². The first kappa shape index (κ1) is 13.7. The number of benzene rings is 1. The van der Waals surface area contributed by atoms with Crippen LogP contribution in [-0.2, 0) is 6.54 Å². The van der Waals surface area contributed by atoms with Gasteiger partial charge in [0.1, 0.15) is 0 Å². The minimum absolute atomic E-state index is 0.0975. The Balaban J connectivity index is 1.94. The molecule has 0 N–H and O–H groups in total. The van der Waals surface area contributed by atoms with Crippen LogP contribution < -0.4 is 4.90 Å². The molecule has 1 atom stereocenters. The first-order valence-electron chi connectivity index (χ1n) is 7.09. The smallest absolute Gasteiger partial charge is 0.293 e. The third-order valence-electron chi connectivity index (χ3n) is 3.91. The Bertz CT molecular complexity index is 665. The molecule has 3 rings (SSSR count). The summed E-state index contributed by atoms with van der Waals surface area (Å²) in [6.07, 6.45) is 0. The van der Waals surface area contributed by atoms with Crippen LogP contribution in [0.1, 0.15) is 28.7 Å². The molecule has 0 radical (unpaired) electrons. The number of aryl methyl sites for hydroxylation is 1. The molecule has 1 aliphatic rings. The van der Waals surface area contributed by atoms with Crippen molar-refractivity contribution in [2.45, 2.75) is 26.4 Å². The molecule has 1 aromatic heterocycles. The van der Waals surface area contributed by atoms with Gasteiger partial charge in [0.05, 0.1) is 5.69 Å². The number of hydrogen-bond acceptors (Lipinski definition) is 4. The van der Waals surface area contributed by atoms with Crippen molar-refractivity contribution in [3.8, 4) is 0 Å². The van der Waals surface area contributed by atoms with Gasteiger partial charge in [-0.1, -0.05) is 23.4 Å². The fraction of sp³-hybridized carbons (Fsp3) is 0.375. The topological polar surface area (TPSA) is 49.6 Å². The summed E-state index contributed by atoms with van der Waals surface area (Å²) in [5, 5.41) is 3.81. The van der Waals surface area contributed by atoms with Crippen LogP contribution >= 0.6 is 0 Å². The van der Waals surface area contributed by atoms with Crippen LogP contribution in [0.15, 0.2) is 34.9 Å². The zero-order valence-electron chi connectivity index (χ0n) is 12.5.